The van der Waals surface area contributed by atoms with Crippen molar-refractivity contribution in [2.75, 3.05) is 13.7 Å². The van der Waals surface area contributed by atoms with Crippen LogP contribution in [0, 0.1) is 0 Å². The van der Waals surface area contributed by atoms with Gasteiger partial charge in [0, 0.05) is 12.5 Å². The molecule has 1 heterocycles. The van der Waals surface area contributed by atoms with E-state index in [2.05, 4.69) is 29.1 Å². The summed E-state index contributed by atoms with van der Waals surface area (Å²) in [5.74, 6) is 0. The van der Waals surface area contributed by atoms with Crippen LogP contribution in [0.3, 0.4) is 0 Å². The van der Waals surface area contributed by atoms with Gasteiger partial charge in [0.25, 0.3) is 0 Å². The molecular formula is C12H20ClN3O. The fourth-order valence-electron chi connectivity index (χ4n) is 1.77. The molecule has 0 fully saturated rings. The highest BCUT2D eigenvalue weighted by molar-refractivity contribution is 6.31. The van der Waals surface area contributed by atoms with Crippen LogP contribution in [0.15, 0.2) is 6.20 Å². The van der Waals surface area contributed by atoms with Crippen molar-refractivity contribution in [3.63, 3.8) is 0 Å². The van der Waals surface area contributed by atoms with Crippen molar-refractivity contribution in [2.24, 2.45) is 0 Å². The first-order valence-electron chi connectivity index (χ1n) is 6.00. The zero-order valence-corrected chi connectivity index (χ0v) is 11.4. The Kier molecular flexibility index (Phi) is 6.22. The van der Waals surface area contributed by atoms with E-state index in [9.17, 15) is 0 Å². The summed E-state index contributed by atoms with van der Waals surface area (Å²) < 4.78 is 5.01. The summed E-state index contributed by atoms with van der Waals surface area (Å²) >= 11 is 6.09. The van der Waals surface area contributed by atoms with Crippen molar-refractivity contribution < 1.29 is 4.74 Å². The Morgan fingerprint density at radius 3 is 2.82 bits per heavy atom. The van der Waals surface area contributed by atoms with Gasteiger partial charge in [-0.05, 0) is 13.0 Å². The Bertz CT molecular complexity index is 341. The Labute approximate surface area is 108 Å². The Balaban J connectivity index is 2.76. The molecule has 0 amide bonds. The summed E-state index contributed by atoms with van der Waals surface area (Å²) in [6, 6.07) is 0.776. The van der Waals surface area contributed by atoms with Gasteiger partial charge < -0.3 is 10.1 Å². The number of nitrogens with zero attached hydrogens (tertiary/aromatic N) is 2. The Morgan fingerprint density at radius 2 is 2.24 bits per heavy atom. The van der Waals surface area contributed by atoms with Crippen molar-refractivity contribution in [1.82, 2.24) is 15.3 Å². The van der Waals surface area contributed by atoms with Crippen molar-refractivity contribution in [3.05, 3.63) is 16.9 Å². The molecule has 0 bridgehead atoms. The summed E-state index contributed by atoms with van der Waals surface area (Å²) in [5.41, 5.74) is 0.845. The van der Waals surface area contributed by atoms with Gasteiger partial charge in [-0.2, -0.15) is 4.98 Å². The first-order chi connectivity index (χ1) is 8.21. The molecule has 1 aromatic heterocycles. The number of ether oxygens (including phenoxy) is 1. The number of methoxy groups -OCH3 is 1. The van der Waals surface area contributed by atoms with Gasteiger partial charge in [-0.25, -0.2) is 4.98 Å². The fraction of sp³-hybridized carbons (Fsp3) is 0.667. The average Bonchev–Trinajstić information content (AvgIpc) is 2.32. The molecular weight excluding hydrogens is 238 g/mol. The van der Waals surface area contributed by atoms with Crippen LogP contribution in [0.4, 0.5) is 0 Å². The Morgan fingerprint density at radius 1 is 1.47 bits per heavy atom. The molecule has 1 N–H and O–H groups in total. The number of halogens is 1. The summed E-state index contributed by atoms with van der Waals surface area (Å²) in [6.07, 6.45) is 4.64. The van der Waals surface area contributed by atoms with Gasteiger partial charge in [-0.15, -0.1) is 0 Å². The van der Waals surface area contributed by atoms with Crippen LogP contribution in [0.1, 0.15) is 32.4 Å². The summed E-state index contributed by atoms with van der Waals surface area (Å²) in [7, 11) is 1.56. The van der Waals surface area contributed by atoms with Crippen LogP contribution >= 0.6 is 11.6 Å². The predicted molar refractivity (Wildman–Crippen MR) is 69.7 cm³/mol. The lowest BCUT2D eigenvalue weighted by Crippen LogP contribution is -2.31. The smallest absolute Gasteiger partial charge is 0.316 e. The molecule has 96 valence electrons. The predicted octanol–water partition coefficient (Wildman–Crippen LogP) is 2.46. The fourth-order valence-corrected chi connectivity index (χ4v) is 1.94. The van der Waals surface area contributed by atoms with Crippen LogP contribution in [0.2, 0.25) is 5.02 Å². The number of hydrogen-bond donors (Lipinski definition) is 1. The van der Waals surface area contributed by atoms with E-state index in [1.54, 1.807) is 13.3 Å². The minimum absolute atomic E-state index is 0.371. The first-order valence-corrected chi connectivity index (χ1v) is 6.37. The summed E-state index contributed by atoms with van der Waals surface area (Å²) in [6.45, 7) is 5.22. The van der Waals surface area contributed by atoms with Gasteiger partial charge in [0.1, 0.15) is 0 Å². The van der Waals surface area contributed by atoms with Crippen molar-refractivity contribution >= 4 is 11.6 Å². The van der Waals surface area contributed by atoms with Gasteiger partial charge in [0.2, 0.25) is 0 Å². The summed E-state index contributed by atoms with van der Waals surface area (Å²) in [4.78, 5) is 8.26. The lowest BCUT2D eigenvalue weighted by Gasteiger charge is -2.17. The molecule has 4 nitrogen and oxygen atoms in total. The van der Waals surface area contributed by atoms with Gasteiger partial charge in [0.15, 0.2) is 0 Å². The third-order valence-electron chi connectivity index (χ3n) is 2.55. The SMILES string of the molecule is CCCC(Cc1nc(OC)ncc1Cl)NCC. The minimum atomic E-state index is 0.371. The normalized spacial score (nSPS) is 12.5. The van der Waals surface area contributed by atoms with E-state index >= 15 is 0 Å². The van der Waals surface area contributed by atoms with E-state index in [0.717, 1.165) is 31.5 Å². The largest absolute Gasteiger partial charge is 0.467 e. The van der Waals surface area contributed by atoms with E-state index in [1.807, 2.05) is 0 Å². The number of rotatable bonds is 7. The molecule has 1 atom stereocenters. The molecule has 0 aliphatic rings. The van der Waals surface area contributed by atoms with Crippen LogP contribution in [0.25, 0.3) is 0 Å². The van der Waals surface area contributed by atoms with Crippen molar-refractivity contribution in [2.45, 2.75) is 39.2 Å². The lowest BCUT2D eigenvalue weighted by molar-refractivity contribution is 0.376. The van der Waals surface area contributed by atoms with Crippen LogP contribution < -0.4 is 10.1 Å². The van der Waals surface area contributed by atoms with Crippen LogP contribution in [0.5, 0.6) is 6.01 Å². The van der Waals surface area contributed by atoms with Crippen LogP contribution in [-0.4, -0.2) is 29.7 Å². The van der Waals surface area contributed by atoms with Gasteiger partial charge in [0.05, 0.1) is 24.0 Å². The maximum Gasteiger partial charge on any atom is 0.316 e. The first kappa shape index (κ1) is 14.2. The maximum absolute atomic E-state index is 6.09. The Hall–Kier alpha value is -0.870. The molecule has 17 heavy (non-hydrogen) atoms. The molecule has 5 heteroatoms. The highest BCUT2D eigenvalue weighted by Gasteiger charge is 2.12. The molecule has 1 rings (SSSR count). The molecule has 0 spiro atoms. The van der Waals surface area contributed by atoms with Gasteiger partial charge >= 0.3 is 6.01 Å². The second-order valence-electron chi connectivity index (χ2n) is 3.90. The maximum atomic E-state index is 6.09. The monoisotopic (exact) mass is 257 g/mol. The van der Waals surface area contributed by atoms with Crippen molar-refractivity contribution in [3.8, 4) is 6.01 Å². The number of nitrogens with one attached hydrogen (secondary N) is 1. The number of likely N-dealkylation sites (N-methyl/N-ethyl adjacent to an activating group) is 1. The zero-order valence-electron chi connectivity index (χ0n) is 10.7. The molecule has 1 unspecified atom stereocenters. The van der Waals surface area contributed by atoms with E-state index in [4.69, 9.17) is 16.3 Å². The molecule has 0 aromatic carbocycles. The highest BCUT2D eigenvalue weighted by atomic mass is 35.5. The van der Waals surface area contributed by atoms with Crippen LogP contribution in [-0.2, 0) is 6.42 Å². The third kappa shape index (κ3) is 4.48. The number of hydrogen-bond acceptors (Lipinski definition) is 4. The van der Waals surface area contributed by atoms with Gasteiger partial charge in [-0.1, -0.05) is 31.9 Å². The van der Waals surface area contributed by atoms with E-state index < -0.39 is 0 Å². The standard InChI is InChI=1S/C12H20ClN3O/c1-4-6-9(14-5-2)7-11-10(13)8-15-12(16-11)17-3/h8-9,14H,4-7H2,1-3H3. The summed E-state index contributed by atoms with van der Waals surface area (Å²) in [5, 5.41) is 4.04. The molecule has 0 radical (unpaired) electrons. The molecule has 0 aliphatic heterocycles. The van der Waals surface area contributed by atoms with Gasteiger partial charge in [-0.3, -0.25) is 0 Å². The van der Waals surface area contributed by atoms with E-state index in [1.165, 1.54) is 0 Å². The second-order valence-corrected chi connectivity index (χ2v) is 4.31. The average molecular weight is 258 g/mol. The highest BCUT2D eigenvalue weighted by Crippen LogP contribution is 2.17. The topological polar surface area (TPSA) is 47.0 Å². The molecule has 1 aromatic rings. The lowest BCUT2D eigenvalue weighted by atomic mass is 10.1. The second kappa shape index (κ2) is 7.45. The third-order valence-corrected chi connectivity index (χ3v) is 2.86. The minimum Gasteiger partial charge on any atom is -0.467 e. The zero-order chi connectivity index (χ0) is 12.7. The number of aromatic nitrogens is 2. The molecule has 0 aliphatic carbocycles. The van der Waals surface area contributed by atoms with Crippen molar-refractivity contribution in [1.29, 1.82) is 0 Å². The van der Waals surface area contributed by atoms with E-state index in [-0.39, 0.29) is 0 Å². The quantitative estimate of drug-likeness (QED) is 0.815. The molecule has 0 saturated heterocycles. The van der Waals surface area contributed by atoms with E-state index in [0.29, 0.717) is 17.1 Å². The molecule has 0 saturated carbocycles.